The highest BCUT2D eigenvalue weighted by Crippen LogP contribution is 2.33. The summed E-state index contributed by atoms with van der Waals surface area (Å²) in [5, 5.41) is 14.6. The van der Waals surface area contributed by atoms with Gasteiger partial charge in [0, 0.05) is 17.9 Å². The lowest BCUT2D eigenvalue weighted by Gasteiger charge is -2.20. The molecule has 1 N–H and O–H groups in total. The largest absolute Gasteiger partial charge is 0.313 e. The van der Waals surface area contributed by atoms with Crippen molar-refractivity contribution in [2.75, 3.05) is 18.1 Å². The van der Waals surface area contributed by atoms with Gasteiger partial charge in [-0.2, -0.15) is 11.8 Å². The maximum Gasteiger partial charge on any atom is 0.283 e. The SMILES string of the molecule is CCCNC1CSCC1Cc1cccc([N+](=O)[O-])c1Br. The smallest absolute Gasteiger partial charge is 0.283 e. The Morgan fingerprint density at radius 3 is 3.00 bits per heavy atom. The number of hydrogen-bond donors (Lipinski definition) is 1. The van der Waals surface area contributed by atoms with Crippen molar-refractivity contribution in [1.29, 1.82) is 0 Å². The number of nitro benzene ring substituents is 1. The second-order valence-electron chi connectivity index (χ2n) is 5.07. The van der Waals surface area contributed by atoms with Crippen molar-refractivity contribution >= 4 is 33.4 Å². The van der Waals surface area contributed by atoms with Gasteiger partial charge in [-0.1, -0.05) is 19.1 Å². The summed E-state index contributed by atoms with van der Waals surface area (Å²) in [6.45, 7) is 3.21. The highest BCUT2D eigenvalue weighted by molar-refractivity contribution is 9.10. The minimum absolute atomic E-state index is 0.159. The van der Waals surface area contributed by atoms with Crippen molar-refractivity contribution < 1.29 is 4.92 Å². The number of nitro groups is 1. The van der Waals surface area contributed by atoms with E-state index in [9.17, 15) is 10.1 Å². The number of rotatable bonds is 6. The van der Waals surface area contributed by atoms with Crippen molar-refractivity contribution in [3.8, 4) is 0 Å². The molecule has 0 aliphatic carbocycles. The third-order valence-electron chi connectivity index (χ3n) is 3.59. The summed E-state index contributed by atoms with van der Waals surface area (Å²) < 4.78 is 0.635. The van der Waals surface area contributed by atoms with E-state index < -0.39 is 0 Å². The predicted octanol–water partition coefficient (Wildman–Crippen LogP) is 3.63. The highest BCUT2D eigenvalue weighted by Gasteiger charge is 2.28. The molecule has 0 saturated carbocycles. The third-order valence-corrected chi connectivity index (χ3v) is 5.77. The van der Waals surface area contributed by atoms with E-state index in [-0.39, 0.29) is 10.6 Å². The van der Waals surface area contributed by atoms with Crippen LogP contribution < -0.4 is 5.32 Å². The van der Waals surface area contributed by atoms with E-state index in [0.29, 0.717) is 16.4 Å². The molecule has 1 aromatic carbocycles. The van der Waals surface area contributed by atoms with Gasteiger partial charge in [0.15, 0.2) is 0 Å². The number of hydrogen-bond acceptors (Lipinski definition) is 4. The fraction of sp³-hybridized carbons (Fsp3) is 0.571. The van der Waals surface area contributed by atoms with Gasteiger partial charge in [0.2, 0.25) is 0 Å². The normalized spacial score (nSPS) is 22.1. The van der Waals surface area contributed by atoms with Crippen molar-refractivity contribution in [2.24, 2.45) is 5.92 Å². The summed E-state index contributed by atoms with van der Waals surface area (Å²) in [5.74, 6) is 2.80. The first-order valence-corrected chi connectivity index (χ1v) is 8.81. The second kappa shape index (κ2) is 7.43. The lowest BCUT2D eigenvalue weighted by molar-refractivity contribution is -0.385. The van der Waals surface area contributed by atoms with Crippen LogP contribution in [-0.2, 0) is 6.42 Å². The molecule has 110 valence electrons. The van der Waals surface area contributed by atoms with E-state index in [1.54, 1.807) is 12.1 Å². The Balaban J connectivity index is 2.09. The van der Waals surface area contributed by atoms with Gasteiger partial charge < -0.3 is 5.32 Å². The van der Waals surface area contributed by atoms with Gasteiger partial charge in [0.25, 0.3) is 5.69 Å². The van der Waals surface area contributed by atoms with Crippen LogP contribution in [0.1, 0.15) is 18.9 Å². The Labute approximate surface area is 132 Å². The van der Waals surface area contributed by atoms with Crippen LogP contribution in [0.25, 0.3) is 0 Å². The van der Waals surface area contributed by atoms with E-state index in [1.807, 2.05) is 17.8 Å². The maximum atomic E-state index is 11.0. The van der Waals surface area contributed by atoms with Crippen molar-refractivity contribution in [1.82, 2.24) is 5.32 Å². The molecule has 1 aliphatic rings. The molecule has 0 aromatic heterocycles. The number of halogens is 1. The van der Waals surface area contributed by atoms with E-state index in [4.69, 9.17) is 0 Å². The first kappa shape index (κ1) is 15.8. The molecule has 0 radical (unpaired) electrons. The Bertz CT molecular complexity index is 484. The Hall–Kier alpha value is -0.590. The van der Waals surface area contributed by atoms with E-state index in [2.05, 4.69) is 28.2 Å². The number of thioether (sulfide) groups is 1. The van der Waals surface area contributed by atoms with Crippen LogP contribution >= 0.6 is 27.7 Å². The first-order valence-electron chi connectivity index (χ1n) is 6.86. The molecular weight excluding hydrogens is 340 g/mol. The van der Waals surface area contributed by atoms with Crippen LogP contribution in [0.4, 0.5) is 5.69 Å². The zero-order chi connectivity index (χ0) is 14.5. The standard InChI is InChI=1S/C14H19BrN2O2S/c1-2-6-16-12-9-20-8-11(12)7-10-4-3-5-13(14(10)15)17(18)19/h3-5,11-12,16H,2,6-9H2,1H3. The number of nitrogens with zero attached hydrogens (tertiary/aromatic N) is 1. The fourth-order valence-electron chi connectivity index (χ4n) is 2.50. The van der Waals surface area contributed by atoms with E-state index in [1.165, 1.54) is 0 Å². The van der Waals surface area contributed by atoms with Crippen LogP contribution in [0, 0.1) is 16.0 Å². The van der Waals surface area contributed by atoms with Gasteiger partial charge in [-0.05, 0) is 52.6 Å². The minimum Gasteiger partial charge on any atom is -0.313 e. The van der Waals surface area contributed by atoms with Crippen molar-refractivity contribution in [2.45, 2.75) is 25.8 Å². The molecule has 2 atom stereocenters. The molecule has 6 heteroatoms. The molecule has 2 rings (SSSR count). The van der Waals surface area contributed by atoms with Crippen LogP contribution in [0.3, 0.4) is 0 Å². The quantitative estimate of drug-likeness (QED) is 0.623. The van der Waals surface area contributed by atoms with E-state index >= 15 is 0 Å². The first-order chi connectivity index (χ1) is 9.63. The van der Waals surface area contributed by atoms with Gasteiger partial charge in [0.05, 0.1) is 9.40 Å². The van der Waals surface area contributed by atoms with Gasteiger partial charge in [-0.25, -0.2) is 0 Å². The molecule has 1 heterocycles. The summed E-state index contributed by atoms with van der Waals surface area (Å²) in [7, 11) is 0. The number of benzene rings is 1. The Morgan fingerprint density at radius 1 is 1.50 bits per heavy atom. The maximum absolute atomic E-state index is 11.0. The summed E-state index contributed by atoms with van der Waals surface area (Å²) >= 11 is 5.36. The summed E-state index contributed by atoms with van der Waals surface area (Å²) in [6.07, 6.45) is 2.02. The van der Waals surface area contributed by atoms with Gasteiger partial charge in [0.1, 0.15) is 0 Å². The molecule has 1 aliphatic heterocycles. The van der Waals surface area contributed by atoms with Gasteiger partial charge in [-0.15, -0.1) is 0 Å². The molecule has 1 saturated heterocycles. The fourth-order valence-corrected chi connectivity index (χ4v) is 4.51. The molecular formula is C14H19BrN2O2S. The Kier molecular flexibility index (Phi) is 5.86. The zero-order valence-electron chi connectivity index (χ0n) is 11.5. The molecule has 1 fully saturated rings. The Morgan fingerprint density at radius 2 is 2.30 bits per heavy atom. The topological polar surface area (TPSA) is 55.2 Å². The average Bonchev–Trinajstić information content (AvgIpc) is 2.85. The highest BCUT2D eigenvalue weighted by atomic mass is 79.9. The minimum atomic E-state index is -0.330. The lowest BCUT2D eigenvalue weighted by atomic mass is 9.94. The van der Waals surface area contributed by atoms with Crippen molar-refractivity contribution in [3.63, 3.8) is 0 Å². The van der Waals surface area contributed by atoms with E-state index in [0.717, 1.165) is 36.5 Å². The van der Waals surface area contributed by atoms with Crippen LogP contribution in [0.15, 0.2) is 22.7 Å². The van der Waals surface area contributed by atoms with Crippen LogP contribution in [0.2, 0.25) is 0 Å². The third kappa shape index (κ3) is 3.74. The monoisotopic (exact) mass is 358 g/mol. The summed E-state index contributed by atoms with van der Waals surface area (Å²) in [5.41, 5.74) is 1.20. The van der Waals surface area contributed by atoms with Gasteiger partial charge >= 0.3 is 0 Å². The predicted molar refractivity (Wildman–Crippen MR) is 87.4 cm³/mol. The molecule has 0 amide bonds. The summed E-state index contributed by atoms with van der Waals surface area (Å²) in [4.78, 5) is 10.6. The average molecular weight is 359 g/mol. The number of nitrogens with one attached hydrogen (secondary N) is 1. The zero-order valence-corrected chi connectivity index (χ0v) is 13.9. The molecule has 0 spiro atoms. The summed E-state index contributed by atoms with van der Waals surface area (Å²) in [6, 6.07) is 5.82. The molecule has 20 heavy (non-hydrogen) atoms. The molecule has 4 nitrogen and oxygen atoms in total. The van der Waals surface area contributed by atoms with Gasteiger partial charge in [-0.3, -0.25) is 10.1 Å². The second-order valence-corrected chi connectivity index (χ2v) is 6.94. The van der Waals surface area contributed by atoms with Crippen molar-refractivity contribution in [3.05, 3.63) is 38.3 Å². The van der Waals surface area contributed by atoms with Crippen LogP contribution in [-0.4, -0.2) is 29.0 Å². The molecule has 1 aromatic rings. The van der Waals surface area contributed by atoms with Crippen LogP contribution in [0.5, 0.6) is 0 Å². The molecule has 0 bridgehead atoms. The lowest BCUT2D eigenvalue weighted by Crippen LogP contribution is -2.36. The molecule has 2 unspecified atom stereocenters.